The predicted octanol–water partition coefficient (Wildman–Crippen LogP) is 4.07. The van der Waals surface area contributed by atoms with Crippen LogP contribution in [0.1, 0.15) is 19.4 Å². The van der Waals surface area contributed by atoms with Gasteiger partial charge in [0.15, 0.2) is 0 Å². The minimum absolute atomic E-state index is 0.0573. The Bertz CT molecular complexity index is 971. The van der Waals surface area contributed by atoms with E-state index in [1.807, 2.05) is 0 Å². The van der Waals surface area contributed by atoms with Crippen molar-refractivity contribution < 1.29 is 18.3 Å². The van der Waals surface area contributed by atoms with Crippen molar-refractivity contribution in [1.29, 1.82) is 0 Å². The van der Waals surface area contributed by atoms with Gasteiger partial charge in [0.25, 0.3) is 0 Å². The van der Waals surface area contributed by atoms with Crippen molar-refractivity contribution >= 4 is 16.8 Å². The molecule has 0 aliphatic carbocycles. The van der Waals surface area contributed by atoms with Crippen LogP contribution in [0.2, 0.25) is 0 Å². The molecule has 0 bridgehead atoms. The zero-order valence-electron chi connectivity index (χ0n) is 13.7. The summed E-state index contributed by atoms with van der Waals surface area (Å²) in [5.41, 5.74) is 4.41. The number of hydrogen-bond donors (Lipinski definition) is 1. The Kier molecular flexibility index (Phi) is 4.12. The summed E-state index contributed by atoms with van der Waals surface area (Å²) in [6, 6.07) is 10.4. The number of primary amides is 1. The maximum atomic E-state index is 14.4. The number of halogens is 2. The Balaban J connectivity index is 2.07. The van der Waals surface area contributed by atoms with Gasteiger partial charge in [0.1, 0.15) is 28.7 Å². The fourth-order valence-corrected chi connectivity index (χ4v) is 2.61. The predicted molar refractivity (Wildman–Crippen MR) is 90.4 cm³/mol. The Hall–Kier alpha value is -3.02. The van der Waals surface area contributed by atoms with E-state index in [0.29, 0.717) is 11.1 Å². The van der Waals surface area contributed by atoms with Gasteiger partial charge < -0.3 is 10.5 Å². The van der Waals surface area contributed by atoms with E-state index in [1.165, 1.54) is 38.2 Å². The molecule has 0 fully saturated rings. The number of amides is 1. The van der Waals surface area contributed by atoms with E-state index in [1.54, 1.807) is 24.3 Å². The SMILES string of the molecule is CC(C)(C(N)=O)c1c(F)cccc1Oc1cnc2c(F)cccc2c1. The molecule has 4 nitrogen and oxygen atoms in total. The van der Waals surface area contributed by atoms with Crippen molar-refractivity contribution in [2.45, 2.75) is 19.3 Å². The van der Waals surface area contributed by atoms with Gasteiger partial charge >= 0.3 is 0 Å². The van der Waals surface area contributed by atoms with Crippen molar-refractivity contribution in [2.24, 2.45) is 5.73 Å². The number of aromatic nitrogens is 1. The normalized spacial score (nSPS) is 11.5. The number of nitrogens with zero attached hydrogens (tertiary/aromatic N) is 1. The van der Waals surface area contributed by atoms with Crippen LogP contribution in [-0.2, 0) is 10.2 Å². The number of hydrogen-bond acceptors (Lipinski definition) is 3. The number of pyridine rings is 1. The Labute approximate surface area is 143 Å². The lowest BCUT2D eigenvalue weighted by atomic mass is 9.83. The standard InChI is InChI=1S/C19H16F2N2O2/c1-19(2,18(22)24)16-13(20)6-4-8-15(16)25-12-9-11-5-3-7-14(21)17(11)23-10-12/h3-10H,1-2H3,(H2,22,24). The number of ether oxygens (including phenoxy) is 1. The molecule has 0 aliphatic heterocycles. The van der Waals surface area contributed by atoms with Crippen molar-refractivity contribution in [1.82, 2.24) is 4.98 Å². The molecule has 0 spiro atoms. The highest BCUT2D eigenvalue weighted by atomic mass is 19.1. The highest BCUT2D eigenvalue weighted by Crippen LogP contribution is 2.36. The van der Waals surface area contributed by atoms with E-state index >= 15 is 0 Å². The average Bonchev–Trinajstić information content (AvgIpc) is 2.54. The molecule has 2 aromatic carbocycles. The highest BCUT2D eigenvalue weighted by molar-refractivity contribution is 5.86. The van der Waals surface area contributed by atoms with Gasteiger partial charge in [0.2, 0.25) is 5.91 Å². The number of para-hydroxylation sites is 1. The molecule has 1 aromatic heterocycles. The molecule has 0 aliphatic rings. The summed E-state index contributed by atoms with van der Waals surface area (Å²) in [6.45, 7) is 3.04. The molecule has 0 atom stereocenters. The van der Waals surface area contributed by atoms with Crippen molar-refractivity contribution in [3.05, 3.63) is 65.9 Å². The van der Waals surface area contributed by atoms with Crippen LogP contribution in [0.3, 0.4) is 0 Å². The third-order valence-corrected chi connectivity index (χ3v) is 4.08. The van der Waals surface area contributed by atoms with Gasteiger partial charge in [0, 0.05) is 10.9 Å². The summed E-state index contributed by atoms with van der Waals surface area (Å²) in [7, 11) is 0. The van der Waals surface area contributed by atoms with E-state index in [9.17, 15) is 13.6 Å². The molecule has 6 heteroatoms. The second kappa shape index (κ2) is 6.12. The third kappa shape index (κ3) is 3.03. The lowest BCUT2D eigenvalue weighted by Crippen LogP contribution is -2.36. The lowest BCUT2D eigenvalue weighted by Gasteiger charge is -2.24. The first kappa shape index (κ1) is 16.8. The van der Waals surface area contributed by atoms with Crippen LogP contribution < -0.4 is 10.5 Å². The van der Waals surface area contributed by atoms with E-state index < -0.39 is 23.0 Å². The van der Waals surface area contributed by atoms with Crippen LogP contribution in [0.25, 0.3) is 10.9 Å². The Morgan fingerprint density at radius 1 is 1.12 bits per heavy atom. The smallest absolute Gasteiger partial charge is 0.227 e. The monoisotopic (exact) mass is 342 g/mol. The minimum Gasteiger partial charge on any atom is -0.455 e. The minimum atomic E-state index is -1.27. The fraction of sp³-hybridized carbons (Fsp3) is 0.158. The summed E-state index contributed by atoms with van der Waals surface area (Å²) in [6.07, 6.45) is 1.34. The molecule has 3 aromatic rings. The zero-order valence-corrected chi connectivity index (χ0v) is 13.7. The van der Waals surface area contributed by atoms with Crippen molar-refractivity contribution in [3.63, 3.8) is 0 Å². The topological polar surface area (TPSA) is 65.2 Å². The third-order valence-electron chi connectivity index (χ3n) is 4.08. The second-order valence-corrected chi connectivity index (χ2v) is 6.19. The van der Waals surface area contributed by atoms with E-state index in [-0.39, 0.29) is 16.8 Å². The molecular weight excluding hydrogens is 326 g/mol. The van der Waals surface area contributed by atoms with E-state index in [2.05, 4.69) is 4.98 Å². The summed E-state index contributed by atoms with van der Waals surface area (Å²) < 4.78 is 33.8. The molecule has 0 saturated carbocycles. The van der Waals surface area contributed by atoms with Crippen LogP contribution in [0.15, 0.2) is 48.7 Å². The molecule has 1 heterocycles. The number of benzene rings is 2. The molecule has 1 amide bonds. The van der Waals surface area contributed by atoms with Gasteiger partial charge in [-0.2, -0.15) is 0 Å². The zero-order chi connectivity index (χ0) is 18.2. The van der Waals surface area contributed by atoms with Crippen molar-refractivity contribution in [3.8, 4) is 11.5 Å². The molecule has 3 rings (SSSR count). The summed E-state index contributed by atoms with van der Waals surface area (Å²) >= 11 is 0. The molecular formula is C19H16F2N2O2. The van der Waals surface area contributed by atoms with Gasteiger partial charge in [-0.05, 0) is 38.1 Å². The fourth-order valence-electron chi connectivity index (χ4n) is 2.61. The van der Waals surface area contributed by atoms with Crippen LogP contribution in [0, 0.1) is 11.6 Å². The first-order valence-corrected chi connectivity index (χ1v) is 7.61. The van der Waals surface area contributed by atoms with Crippen LogP contribution in [-0.4, -0.2) is 10.9 Å². The molecule has 0 saturated heterocycles. The van der Waals surface area contributed by atoms with Crippen LogP contribution >= 0.6 is 0 Å². The average molecular weight is 342 g/mol. The summed E-state index contributed by atoms with van der Waals surface area (Å²) in [5, 5.41) is 0.546. The lowest BCUT2D eigenvalue weighted by molar-refractivity contribution is -0.122. The first-order chi connectivity index (χ1) is 11.8. The maximum absolute atomic E-state index is 14.4. The van der Waals surface area contributed by atoms with Gasteiger partial charge in [0.05, 0.1) is 11.6 Å². The van der Waals surface area contributed by atoms with Gasteiger partial charge in [-0.25, -0.2) is 13.8 Å². The van der Waals surface area contributed by atoms with Gasteiger partial charge in [-0.3, -0.25) is 4.79 Å². The molecule has 0 radical (unpaired) electrons. The number of rotatable bonds is 4. The van der Waals surface area contributed by atoms with Gasteiger partial charge in [-0.1, -0.05) is 18.2 Å². The number of carbonyl (C=O) groups excluding carboxylic acids is 1. The summed E-state index contributed by atoms with van der Waals surface area (Å²) in [4.78, 5) is 15.8. The van der Waals surface area contributed by atoms with E-state index in [4.69, 9.17) is 10.5 Å². The quantitative estimate of drug-likeness (QED) is 0.777. The number of fused-ring (bicyclic) bond motifs is 1. The number of carbonyl (C=O) groups is 1. The molecule has 2 N–H and O–H groups in total. The summed E-state index contributed by atoms with van der Waals surface area (Å²) in [5.74, 6) is -1.26. The van der Waals surface area contributed by atoms with E-state index in [0.717, 1.165) is 0 Å². The van der Waals surface area contributed by atoms with Crippen molar-refractivity contribution in [2.75, 3.05) is 0 Å². The van der Waals surface area contributed by atoms with Crippen LogP contribution in [0.4, 0.5) is 8.78 Å². The first-order valence-electron chi connectivity index (χ1n) is 7.61. The molecule has 25 heavy (non-hydrogen) atoms. The largest absolute Gasteiger partial charge is 0.455 e. The van der Waals surface area contributed by atoms with Gasteiger partial charge in [-0.15, -0.1) is 0 Å². The number of nitrogens with two attached hydrogens (primary N) is 1. The molecule has 0 unspecified atom stereocenters. The Morgan fingerprint density at radius 2 is 1.80 bits per heavy atom. The highest BCUT2D eigenvalue weighted by Gasteiger charge is 2.34. The van der Waals surface area contributed by atoms with Crippen LogP contribution in [0.5, 0.6) is 11.5 Å². The maximum Gasteiger partial charge on any atom is 0.227 e. The molecule has 128 valence electrons. The Morgan fingerprint density at radius 3 is 2.52 bits per heavy atom. The second-order valence-electron chi connectivity index (χ2n) is 6.19.